The fourth-order valence-corrected chi connectivity index (χ4v) is 2.55. The number of carbonyl (C=O) groups is 1. The minimum Gasteiger partial charge on any atom is -0.347 e. The molecule has 4 nitrogen and oxygen atoms in total. The largest absolute Gasteiger partial charge is 0.347 e. The van der Waals surface area contributed by atoms with Gasteiger partial charge in [-0.1, -0.05) is 0 Å². The number of hydrogen-bond acceptors (Lipinski definition) is 3. The number of H-pyrrole nitrogens is 1. The third-order valence-electron chi connectivity index (χ3n) is 2.57. The van der Waals surface area contributed by atoms with E-state index in [0.717, 1.165) is 16.3 Å². The zero-order chi connectivity index (χ0) is 12.4. The zero-order valence-corrected chi connectivity index (χ0v) is 10.9. The summed E-state index contributed by atoms with van der Waals surface area (Å²) < 4.78 is 0. The van der Waals surface area contributed by atoms with Gasteiger partial charge in [-0.15, -0.1) is 11.3 Å². The first kappa shape index (κ1) is 11.9. The van der Waals surface area contributed by atoms with Crippen LogP contribution < -0.4 is 5.32 Å². The molecule has 0 aliphatic heterocycles. The van der Waals surface area contributed by atoms with Gasteiger partial charge in [0.15, 0.2) is 0 Å². The van der Waals surface area contributed by atoms with Crippen molar-refractivity contribution in [2.24, 2.45) is 0 Å². The van der Waals surface area contributed by atoms with Crippen LogP contribution in [0.4, 0.5) is 0 Å². The lowest BCUT2D eigenvalue weighted by Gasteiger charge is -2.03. The van der Waals surface area contributed by atoms with Gasteiger partial charge in [0.05, 0.1) is 17.8 Å². The smallest absolute Gasteiger partial charge is 0.255 e. The molecule has 0 aromatic carbocycles. The fraction of sp³-hybridized carbons (Fsp3) is 0.333. The van der Waals surface area contributed by atoms with Crippen LogP contribution in [-0.4, -0.2) is 16.1 Å². The lowest BCUT2D eigenvalue weighted by atomic mass is 10.2. The van der Waals surface area contributed by atoms with Crippen LogP contribution in [0.25, 0.3) is 0 Å². The van der Waals surface area contributed by atoms with Crippen LogP contribution in [0.2, 0.25) is 0 Å². The van der Waals surface area contributed by atoms with Gasteiger partial charge in [0.2, 0.25) is 0 Å². The van der Waals surface area contributed by atoms with Crippen molar-refractivity contribution in [3.63, 3.8) is 0 Å². The maximum Gasteiger partial charge on any atom is 0.255 e. The number of aromatic amines is 1. The normalized spacial score (nSPS) is 10.5. The molecule has 0 aliphatic rings. The Morgan fingerprint density at radius 3 is 2.71 bits per heavy atom. The molecule has 0 spiro atoms. The van der Waals surface area contributed by atoms with E-state index < -0.39 is 0 Å². The Labute approximate surface area is 104 Å². The molecule has 2 aromatic heterocycles. The van der Waals surface area contributed by atoms with E-state index >= 15 is 0 Å². The molecular formula is C12H15N3OS. The van der Waals surface area contributed by atoms with Gasteiger partial charge in [0.25, 0.3) is 5.91 Å². The lowest BCUT2D eigenvalue weighted by Crippen LogP contribution is -2.23. The number of carbonyl (C=O) groups excluding carboxylic acids is 1. The summed E-state index contributed by atoms with van der Waals surface area (Å²) >= 11 is 1.70. The van der Waals surface area contributed by atoms with Gasteiger partial charge < -0.3 is 5.32 Å². The van der Waals surface area contributed by atoms with E-state index in [2.05, 4.69) is 28.5 Å². The van der Waals surface area contributed by atoms with E-state index in [9.17, 15) is 4.79 Å². The predicted octanol–water partition coefficient (Wildman–Crippen LogP) is 2.33. The molecule has 2 rings (SSSR count). The quantitative estimate of drug-likeness (QED) is 0.877. The Hall–Kier alpha value is -1.62. The van der Waals surface area contributed by atoms with E-state index in [0.29, 0.717) is 12.1 Å². The first-order valence-electron chi connectivity index (χ1n) is 5.43. The molecule has 0 aliphatic carbocycles. The minimum atomic E-state index is -0.0696. The Bertz CT molecular complexity index is 522. The van der Waals surface area contributed by atoms with Crippen molar-refractivity contribution in [1.29, 1.82) is 0 Å². The van der Waals surface area contributed by atoms with Gasteiger partial charge in [-0.2, -0.15) is 5.10 Å². The Morgan fingerprint density at radius 2 is 2.18 bits per heavy atom. The monoisotopic (exact) mass is 249 g/mol. The third-order valence-corrected chi connectivity index (χ3v) is 3.58. The molecule has 2 heterocycles. The van der Waals surface area contributed by atoms with Crippen molar-refractivity contribution < 1.29 is 4.79 Å². The number of aromatic nitrogens is 2. The molecular weight excluding hydrogens is 234 g/mol. The van der Waals surface area contributed by atoms with Crippen LogP contribution >= 0.6 is 11.3 Å². The van der Waals surface area contributed by atoms with Crippen LogP contribution in [0, 0.1) is 20.8 Å². The van der Waals surface area contributed by atoms with Crippen molar-refractivity contribution in [2.45, 2.75) is 27.3 Å². The van der Waals surface area contributed by atoms with E-state index in [1.165, 1.54) is 4.88 Å². The number of thiophene rings is 1. The highest BCUT2D eigenvalue weighted by atomic mass is 32.1. The second-order valence-electron chi connectivity index (χ2n) is 4.00. The number of hydrogen-bond donors (Lipinski definition) is 2. The second-order valence-corrected chi connectivity index (χ2v) is 5.38. The summed E-state index contributed by atoms with van der Waals surface area (Å²) in [6, 6.07) is 4.09. The first-order valence-corrected chi connectivity index (χ1v) is 6.24. The molecule has 0 atom stereocenters. The summed E-state index contributed by atoms with van der Waals surface area (Å²) in [4.78, 5) is 14.4. The molecule has 90 valence electrons. The third kappa shape index (κ3) is 2.55. The Balaban J connectivity index is 2.03. The lowest BCUT2D eigenvalue weighted by molar-refractivity contribution is 0.0950. The minimum absolute atomic E-state index is 0.0696. The summed E-state index contributed by atoms with van der Waals surface area (Å²) in [5.74, 6) is -0.0696. The average Bonchev–Trinajstić information content (AvgIpc) is 2.83. The van der Waals surface area contributed by atoms with Crippen molar-refractivity contribution in [2.75, 3.05) is 0 Å². The SMILES string of the molecule is Cc1ccc(CNC(=O)c2c(C)n[nH]c2C)s1. The topological polar surface area (TPSA) is 57.8 Å². The molecule has 2 N–H and O–H groups in total. The van der Waals surface area contributed by atoms with Crippen molar-refractivity contribution in [3.8, 4) is 0 Å². The molecule has 0 fully saturated rings. The summed E-state index contributed by atoms with van der Waals surface area (Å²) in [5, 5.41) is 9.73. The summed E-state index contributed by atoms with van der Waals surface area (Å²) in [6.45, 7) is 6.31. The number of aryl methyl sites for hydroxylation is 3. The van der Waals surface area contributed by atoms with Crippen LogP contribution in [-0.2, 0) is 6.54 Å². The Kier molecular flexibility index (Phi) is 3.28. The molecule has 0 saturated carbocycles. The maximum atomic E-state index is 12.0. The summed E-state index contributed by atoms with van der Waals surface area (Å²) in [5.41, 5.74) is 2.20. The molecule has 0 radical (unpaired) electrons. The highest BCUT2D eigenvalue weighted by Gasteiger charge is 2.14. The Morgan fingerprint density at radius 1 is 1.41 bits per heavy atom. The highest BCUT2D eigenvalue weighted by molar-refractivity contribution is 7.11. The van der Waals surface area contributed by atoms with E-state index in [1.807, 2.05) is 19.9 Å². The number of amides is 1. The first-order chi connectivity index (χ1) is 8.08. The average molecular weight is 249 g/mol. The van der Waals surface area contributed by atoms with Gasteiger partial charge in [-0.25, -0.2) is 0 Å². The van der Waals surface area contributed by atoms with Gasteiger partial charge >= 0.3 is 0 Å². The standard InChI is InChI=1S/C12H15N3OS/c1-7-4-5-10(17-7)6-13-12(16)11-8(2)14-15-9(11)3/h4-5H,6H2,1-3H3,(H,13,16)(H,14,15). The van der Waals surface area contributed by atoms with E-state index in [1.54, 1.807) is 11.3 Å². The molecule has 0 bridgehead atoms. The molecule has 0 saturated heterocycles. The fourth-order valence-electron chi connectivity index (χ4n) is 1.72. The van der Waals surface area contributed by atoms with Gasteiger partial charge in [0, 0.05) is 15.4 Å². The zero-order valence-electron chi connectivity index (χ0n) is 10.1. The number of rotatable bonds is 3. The maximum absolute atomic E-state index is 12.0. The van der Waals surface area contributed by atoms with Gasteiger partial charge in [0.1, 0.15) is 0 Å². The van der Waals surface area contributed by atoms with Gasteiger partial charge in [-0.3, -0.25) is 9.89 Å². The van der Waals surface area contributed by atoms with Crippen molar-refractivity contribution in [3.05, 3.63) is 38.8 Å². The van der Waals surface area contributed by atoms with Gasteiger partial charge in [-0.05, 0) is 32.9 Å². The summed E-state index contributed by atoms with van der Waals surface area (Å²) in [7, 11) is 0. The second kappa shape index (κ2) is 4.71. The predicted molar refractivity (Wildman–Crippen MR) is 68.3 cm³/mol. The van der Waals surface area contributed by atoms with E-state index in [-0.39, 0.29) is 5.91 Å². The molecule has 0 unspecified atom stereocenters. The molecule has 5 heteroatoms. The van der Waals surface area contributed by atoms with Crippen LogP contribution in [0.3, 0.4) is 0 Å². The van der Waals surface area contributed by atoms with Crippen LogP contribution in [0.15, 0.2) is 12.1 Å². The van der Waals surface area contributed by atoms with Crippen molar-refractivity contribution in [1.82, 2.24) is 15.5 Å². The van der Waals surface area contributed by atoms with Crippen LogP contribution in [0.1, 0.15) is 31.5 Å². The van der Waals surface area contributed by atoms with Crippen molar-refractivity contribution >= 4 is 17.2 Å². The molecule has 17 heavy (non-hydrogen) atoms. The summed E-state index contributed by atoms with van der Waals surface area (Å²) in [6.07, 6.45) is 0. The molecule has 1 amide bonds. The van der Waals surface area contributed by atoms with E-state index in [4.69, 9.17) is 0 Å². The number of nitrogens with zero attached hydrogens (tertiary/aromatic N) is 1. The van der Waals surface area contributed by atoms with Crippen LogP contribution in [0.5, 0.6) is 0 Å². The highest BCUT2D eigenvalue weighted by Crippen LogP contribution is 2.15. The number of nitrogens with one attached hydrogen (secondary N) is 2. The molecule has 2 aromatic rings.